The Bertz CT molecular complexity index is 90.2. The molecule has 40 valence electrons. The summed E-state index contributed by atoms with van der Waals surface area (Å²) in [5, 5.41) is 0. The van der Waals surface area contributed by atoms with Crippen LogP contribution in [0.4, 0.5) is 0 Å². The Morgan fingerprint density at radius 2 is 2.57 bits per heavy atom. The average Bonchev–Trinajstić information content (AvgIpc) is 2.18. The third-order valence-electron chi connectivity index (χ3n) is 2.32. The molecule has 0 aromatic rings. The molecule has 1 aliphatic heterocycles. The second kappa shape index (κ2) is 1.23. The third-order valence-corrected chi connectivity index (χ3v) is 4.22. The van der Waals surface area contributed by atoms with Gasteiger partial charge in [0, 0.05) is 0 Å². The van der Waals surface area contributed by atoms with Crippen molar-refractivity contribution in [3.8, 4) is 0 Å². The van der Waals surface area contributed by atoms with Gasteiger partial charge in [-0.25, -0.2) is 0 Å². The molecule has 1 heteroatoms. The number of rotatable bonds is 1. The van der Waals surface area contributed by atoms with E-state index in [9.17, 15) is 0 Å². The van der Waals surface area contributed by atoms with Gasteiger partial charge in [-0.1, -0.05) is 13.3 Å². The molecule has 0 bridgehead atoms. The first-order valence-corrected chi connectivity index (χ1v) is 4.33. The first-order valence-electron chi connectivity index (χ1n) is 3.18. The van der Waals surface area contributed by atoms with Crippen molar-refractivity contribution in [3.63, 3.8) is 0 Å². The Morgan fingerprint density at radius 1 is 1.71 bits per heavy atom. The van der Waals surface area contributed by atoms with Crippen LogP contribution in [0, 0.1) is 5.92 Å². The van der Waals surface area contributed by atoms with E-state index in [1.54, 1.807) is 6.42 Å². The first kappa shape index (κ1) is 4.32. The second-order valence-electron chi connectivity index (χ2n) is 2.70. The van der Waals surface area contributed by atoms with Crippen molar-refractivity contribution in [2.75, 3.05) is 0 Å². The summed E-state index contributed by atoms with van der Waals surface area (Å²) in [6, 6.07) is 0. The molecule has 4 unspecified atom stereocenters. The van der Waals surface area contributed by atoms with Crippen LogP contribution in [0.1, 0.15) is 19.8 Å². The lowest BCUT2D eigenvalue weighted by Crippen LogP contribution is -2.22. The van der Waals surface area contributed by atoms with E-state index in [-0.39, 0.29) is 0 Å². The fourth-order valence-corrected chi connectivity index (χ4v) is 3.44. The summed E-state index contributed by atoms with van der Waals surface area (Å²) < 4.78 is 0. The van der Waals surface area contributed by atoms with E-state index < -0.39 is 0 Å². The Balaban J connectivity index is 1.92. The average molecular weight is 114 g/mol. The van der Waals surface area contributed by atoms with Gasteiger partial charge in [0.1, 0.15) is 0 Å². The normalized spacial score (nSPS) is 58.7. The molecular weight excluding hydrogens is 103 g/mol. The second-order valence-corrected chi connectivity index (χ2v) is 4.44. The Labute approximate surface area is 46.5 Å². The summed E-state index contributed by atoms with van der Waals surface area (Å²) >= 11 is 0. The molecule has 1 heterocycles. The van der Waals surface area contributed by atoms with Crippen LogP contribution < -0.4 is 0 Å². The van der Waals surface area contributed by atoms with Crippen molar-refractivity contribution >= 4 is 8.58 Å². The Morgan fingerprint density at radius 3 is 2.71 bits per heavy atom. The third kappa shape index (κ3) is 0.467. The summed E-state index contributed by atoms with van der Waals surface area (Å²) in [6.45, 7) is 2.32. The van der Waals surface area contributed by atoms with E-state index in [2.05, 4.69) is 6.92 Å². The molecule has 0 spiro atoms. The number of hydrogen-bond donors (Lipinski definition) is 0. The van der Waals surface area contributed by atoms with E-state index >= 15 is 0 Å². The highest BCUT2D eigenvalue weighted by atomic mass is 31.1. The van der Waals surface area contributed by atoms with Gasteiger partial charge in [-0.2, -0.15) is 0 Å². The minimum Gasteiger partial charge on any atom is -0.114 e. The predicted octanol–water partition coefficient (Wildman–Crippen LogP) is 1.85. The molecule has 2 rings (SSSR count). The molecule has 1 aliphatic carbocycles. The van der Waals surface area contributed by atoms with Gasteiger partial charge in [0.25, 0.3) is 0 Å². The van der Waals surface area contributed by atoms with Crippen molar-refractivity contribution in [2.24, 2.45) is 5.92 Å². The molecule has 2 fully saturated rings. The van der Waals surface area contributed by atoms with Crippen LogP contribution in [-0.4, -0.2) is 11.3 Å². The first-order chi connectivity index (χ1) is 3.42. The number of hydrogen-bond acceptors (Lipinski definition) is 0. The standard InChI is InChI=1S/C6H11P/c1-2-4-3-5-6(4)7-5/h4-7H,2-3H2,1H3. The van der Waals surface area contributed by atoms with Crippen LogP contribution in [-0.2, 0) is 0 Å². The van der Waals surface area contributed by atoms with Crippen molar-refractivity contribution in [2.45, 2.75) is 31.1 Å². The maximum atomic E-state index is 2.32. The van der Waals surface area contributed by atoms with Crippen LogP contribution in [0.3, 0.4) is 0 Å². The van der Waals surface area contributed by atoms with E-state index in [1.165, 1.54) is 32.2 Å². The van der Waals surface area contributed by atoms with Crippen LogP contribution in [0.5, 0.6) is 0 Å². The zero-order chi connectivity index (χ0) is 4.85. The molecule has 0 nitrogen and oxygen atoms in total. The van der Waals surface area contributed by atoms with Gasteiger partial charge in [-0.15, -0.1) is 8.58 Å². The SMILES string of the molecule is CCC1CC2PC12. The van der Waals surface area contributed by atoms with Crippen molar-refractivity contribution in [1.29, 1.82) is 0 Å². The minimum absolute atomic E-state index is 1.17. The summed E-state index contributed by atoms with van der Waals surface area (Å²) in [5.41, 5.74) is 2.48. The van der Waals surface area contributed by atoms with Gasteiger partial charge < -0.3 is 0 Å². The van der Waals surface area contributed by atoms with E-state index in [4.69, 9.17) is 0 Å². The molecule has 4 atom stereocenters. The van der Waals surface area contributed by atoms with Crippen molar-refractivity contribution < 1.29 is 0 Å². The fraction of sp³-hybridized carbons (Fsp3) is 1.00. The summed E-state index contributed by atoms with van der Waals surface area (Å²) in [7, 11) is 1.38. The lowest BCUT2D eigenvalue weighted by molar-refractivity contribution is 0.380. The summed E-state index contributed by atoms with van der Waals surface area (Å²) in [4.78, 5) is 0. The van der Waals surface area contributed by atoms with Crippen molar-refractivity contribution in [3.05, 3.63) is 0 Å². The quantitative estimate of drug-likeness (QED) is 0.456. The zero-order valence-electron chi connectivity index (χ0n) is 4.65. The molecule has 0 radical (unpaired) electrons. The highest BCUT2D eigenvalue weighted by Gasteiger charge is 2.52. The molecule has 0 aromatic carbocycles. The lowest BCUT2D eigenvalue weighted by Gasteiger charge is -2.21. The molecule has 0 N–H and O–H groups in total. The van der Waals surface area contributed by atoms with Crippen LogP contribution in [0.15, 0.2) is 0 Å². The largest absolute Gasteiger partial charge is 0.114 e. The highest BCUT2D eigenvalue weighted by Crippen LogP contribution is 2.66. The summed E-state index contributed by atoms with van der Waals surface area (Å²) in [6.07, 6.45) is 3.04. The van der Waals surface area contributed by atoms with Gasteiger partial charge in [-0.3, -0.25) is 0 Å². The van der Waals surface area contributed by atoms with Gasteiger partial charge in [0.05, 0.1) is 0 Å². The fourth-order valence-electron chi connectivity index (χ4n) is 1.57. The number of fused-ring (bicyclic) bond motifs is 1. The van der Waals surface area contributed by atoms with Gasteiger partial charge in [0.15, 0.2) is 0 Å². The molecule has 1 saturated carbocycles. The van der Waals surface area contributed by atoms with Gasteiger partial charge in [0.2, 0.25) is 0 Å². The summed E-state index contributed by atoms with van der Waals surface area (Å²) in [5.74, 6) is 1.17. The van der Waals surface area contributed by atoms with Crippen LogP contribution >= 0.6 is 8.58 Å². The van der Waals surface area contributed by atoms with Crippen LogP contribution in [0.25, 0.3) is 0 Å². The van der Waals surface area contributed by atoms with E-state index in [0.717, 1.165) is 0 Å². The van der Waals surface area contributed by atoms with E-state index in [0.29, 0.717) is 0 Å². The smallest absolute Gasteiger partial charge is 0.0140 e. The molecule has 1 saturated heterocycles. The van der Waals surface area contributed by atoms with Gasteiger partial charge >= 0.3 is 0 Å². The molecule has 2 aliphatic rings. The monoisotopic (exact) mass is 114 g/mol. The van der Waals surface area contributed by atoms with Crippen LogP contribution in [0.2, 0.25) is 0 Å². The molecular formula is C6H11P. The van der Waals surface area contributed by atoms with E-state index in [1.807, 2.05) is 0 Å². The lowest BCUT2D eigenvalue weighted by atomic mass is 9.84. The predicted molar refractivity (Wildman–Crippen MR) is 34.3 cm³/mol. The topological polar surface area (TPSA) is 0 Å². The maximum Gasteiger partial charge on any atom is -0.0140 e. The maximum absolute atomic E-state index is 2.32. The van der Waals surface area contributed by atoms with Gasteiger partial charge in [-0.05, 0) is 23.7 Å². The molecule has 0 aromatic heterocycles. The van der Waals surface area contributed by atoms with Crippen molar-refractivity contribution in [1.82, 2.24) is 0 Å². The highest BCUT2D eigenvalue weighted by molar-refractivity contribution is 7.49. The minimum atomic E-state index is 1.17. The molecule has 7 heavy (non-hydrogen) atoms. The Hall–Kier alpha value is 0.430. The molecule has 0 amide bonds. The zero-order valence-corrected chi connectivity index (χ0v) is 5.65. The Kier molecular flexibility index (Phi) is 0.758.